The lowest BCUT2D eigenvalue weighted by Crippen LogP contribution is -2.43. The predicted octanol–water partition coefficient (Wildman–Crippen LogP) is 2.99. The maximum atomic E-state index is 12.5. The summed E-state index contributed by atoms with van der Waals surface area (Å²) in [5.74, 6) is -0.634. The zero-order chi connectivity index (χ0) is 14.8. The molecule has 1 rings (SSSR count). The van der Waals surface area contributed by atoms with Gasteiger partial charge in [0.15, 0.2) is 0 Å². The number of nitrogens with zero attached hydrogens (tertiary/aromatic N) is 1. The third-order valence-corrected chi connectivity index (χ3v) is 2.71. The quantitative estimate of drug-likeness (QED) is 0.861. The number of hydrogen-bond acceptors (Lipinski definition) is 2. The molecule has 1 amide bonds. The topological polar surface area (TPSA) is 46.3 Å². The van der Waals surface area contributed by atoms with Crippen molar-refractivity contribution in [2.45, 2.75) is 33.0 Å². The molecular weight excluding hydrogens is 257 g/mol. The zero-order valence-electron chi connectivity index (χ0n) is 11.1. The van der Waals surface area contributed by atoms with Gasteiger partial charge in [-0.25, -0.2) is 0 Å². The highest BCUT2D eigenvalue weighted by molar-refractivity contribution is 5.96. The van der Waals surface area contributed by atoms with Gasteiger partial charge in [0.1, 0.15) is 6.54 Å². The molecule has 0 aliphatic rings. The molecule has 0 fully saturated rings. The Bertz CT molecular complexity index is 469. The van der Waals surface area contributed by atoms with Gasteiger partial charge in [0.2, 0.25) is 0 Å². The second-order valence-electron chi connectivity index (χ2n) is 4.72. The number of alkyl halides is 3. The van der Waals surface area contributed by atoms with Crippen LogP contribution in [-0.4, -0.2) is 29.6 Å². The lowest BCUT2D eigenvalue weighted by Gasteiger charge is -2.28. The van der Waals surface area contributed by atoms with Crippen molar-refractivity contribution in [2.24, 2.45) is 0 Å². The second-order valence-corrected chi connectivity index (χ2v) is 4.72. The summed E-state index contributed by atoms with van der Waals surface area (Å²) in [4.78, 5) is 13.0. The standard InChI is InChI=1S/C13H17F3N2O/c1-8(2)18(7-13(14,15)16)12(19)11-5-4-10(17)6-9(11)3/h4-6,8H,7,17H2,1-3H3. The number of halogens is 3. The van der Waals surface area contributed by atoms with Gasteiger partial charge < -0.3 is 10.6 Å². The molecule has 0 radical (unpaired) electrons. The number of hydrogen-bond donors (Lipinski definition) is 1. The Labute approximate surface area is 110 Å². The van der Waals surface area contributed by atoms with E-state index in [1.54, 1.807) is 26.8 Å². The SMILES string of the molecule is Cc1cc(N)ccc1C(=O)N(CC(F)(F)F)C(C)C. The number of benzene rings is 1. The van der Waals surface area contributed by atoms with Crippen molar-refractivity contribution in [3.63, 3.8) is 0 Å². The van der Waals surface area contributed by atoms with Gasteiger partial charge in [0.25, 0.3) is 5.91 Å². The van der Waals surface area contributed by atoms with Gasteiger partial charge in [-0.05, 0) is 44.5 Å². The van der Waals surface area contributed by atoms with Crippen molar-refractivity contribution in [2.75, 3.05) is 12.3 Å². The summed E-state index contributed by atoms with van der Waals surface area (Å²) in [6.07, 6.45) is -4.42. The molecule has 0 aliphatic carbocycles. The number of aryl methyl sites for hydroxylation is 1. The number of anilines is 1. The lowest BCUT2D eigenvalue weighted by molar-refractivity contribution is -0.143. The number of nitrogen functional groups attached to an aromatic ring is 1. The van der Waals surface area contributed by atoms with E-state index in [1.807, 2.05) is 0 Å². The fourth-order valence-electron chi connectivity index (χ4n) is 1.76. The van der Waals surface area contributed by atoms with Crippen LogP contribution in [0.4, 0.5) is 18.9 Å². The van der Waals surface area contributed by atoms with Crippen molar-refractivity contribution in [1.82, 2.24) is 4.90 Å². The minimum absolute atomic E-state index is 0.243. The van der Waals surface area contributed by atoms with Gasteiger partial charge >= 0.3 is 6.18 Å². The van der Waals surface area contributed by atoms with Crippen molar-refractivity contribution in [1.29, 1.82) is 0 Å². The Kier molecular flexibility index (Phi) is 4.44. The molecule has 106 valence electrons. The molecule has 2 N–H and O–H groups in total. The zero-order valence-corrected chi connectivity index (χ0v) is 11.1. The van der Waals surface area contributed by atoms with Crippen molar-refractivity contribution >= 4 is 11.6 Å². The highest BCUT2D eigenvalue weighted by Gasteiger charge is 2.34. The van der Waals surface area contributed by atoms with E-state index in [0.717, 1.165) is 4.90 Å². The third-order valence-electron chi connectivity index (χ3n) is 2.71. The largest absolute Gasteiger partial charge is 0.406 e. The Balaban J connectivity index is 3.06. The summed E-state index contributed by atoms with van der Waals surface area (Å²) in [5, 5.41) is 0. The van der Waals surface area contributed by atoms with Gasteiger partial charge in [-0.15, -0.1) is 0 Å². The maximum absolute atomic E-state index is 12.5. The van der Waals surface area contributed by atoms with E-state index in [-0.39, 0.29) is 5.56 Å². The van der Waals surface area contributed by atoms with Gasteiger partial charge in [0, 0.05) is 17.3 Å². The van der Waals surface area contributed by atoms with Crippen LogP contribution in [0.3, 0.4) is 0 Å². The van der Waals surface area contributed by atoms with Gasteiger partial charge in [-0.1, -0.05) is 0 Å². The third kappa shape index (κ3) is 4.15. The van der Waals surface area contributed by atoms with E-state index in [4.69, 9.17) is 5.73 Å². The van der Waals surface area contributed by atoms with Crippen LogP contribution in [-0.2, 0) is 0 Å². The predicted molar refractivity (Wildman–Crippen MR) is 67.8 cm³/mol. The molecule has 0 unspecified atom stereocenters. The number of carbonyl (C=O) groups excluding carboxylic acids is 1. The summed E-state index contributed by atoms with van der Waals surface area (Å²) in [6.45, 7) is 3.50. The second kappa shape index (κ2) is 5.50. The van der Waals surface area contributed by atoms with Crippen LogP contribution in [0.5, 0.6) is 0 Å². The van der Waals surface area contributed by atoms with E-state index in [0.29, 0.717) is 11.3 Å². The molecule has 1 aromatic carbocycles. The van der Waals surface area contributed by atoms with Gasteiger partial charge in [0.05, 0.1) is 0 Å². The molecule has 0 atom stereocenters. The van der Waals surface area contributed by atoms with Gasteiger partial charge in [-0.2, -0.15) is 13.2 Å². The van der Waals surface area contributed by atoms with E-state index in [9.17, 15) is 18.0 Å². The van der Waals surface area contributed by atoms with Crippen LogP contribution < -0.4 is 5.73 Å². The Hall–Kier alpha value is -1.72. The highest BCUT2D eigenvalue weighted by atomic mass is 19.4. The first-order valence-corrected chi connectivity index (χ1v) is 5.85. The summed E-state index contributed by atoms with van der Waals surface area (Å²) in [7, 11) is 0. The van der Waals surface area contributed by atoms with E-state index in [2.05, 4.69) is 0 Å². The number of rotatable bonds is 3. The monoisotopic (exact) mass is 274 g/mol. The fraction of sp³-hybridized carbons (Fsp3) is 0.462. The molecule has 0 aromatic heterocycles. The molecule has 0 heterocycles. The van der Waals surface area contributed by atoms with Crippen LogP contribution in [0.1, 0.15) is 29.8 Å². The summed E-state index contributed by atoms with van der Waals surface area (Å²) in [5.41, 5.74) is 6.84. The van der Waals surface area contributed by atoms with Crippen LogP contribution in [0.25, 0.3) is 0 Å². The van der Waals surface area contributed by atoms with Crippen molar-refractivity contribution in [3.8, 4) is 0 Å². The van der Waals surface area contributed by atoms with Crippen LogP contribution in [0.15, 0.2) is 18.2 Å². The number of nitrogens with two attached hydrogens (primary N) is 1. The van der Waals surface area contributed by atoms with E-state index in [1.165, 1.54) is 12.1 Å². The molecule has 3 nitrogen and oxygen atoms in total. The maximum Gasteiger partial charge on any atom is 0.406 e. The summed E-state index contributed by atoms with van der Waals surface area (Å²) < 4.78 is 37.5. The molecule has 0 saturated carbocycles. The molecular formula is C13H17F3N2O. The molecule has 0 aliphatic heterocycles. The smallest absolute Gasteiger partial charge is 0.399 e. The normalized spacial score (nSPS) is 11.7. The molecule has 6 heteroatoms. The fourth-order valence-corrected chi connectivity index (χ4v) is 1.76. The van der Waals surface area contributed by atoms with E-state index < -0.39 is 24.7 Å². The van der Waals surface area contributed by atoms with Crippen molar-refractivity contribution in [3.05, 3.63) is 29.3 Å². The summed E-state index contributed by atoms with van der Waals surface area (Å²) >= 11 is 0. The minimum Gasteiger partial charge on any atom is -0.399 e. The average Bonchev–Trinajstić information content (AvgIpc) is 2.23. The first kappa shape index (κ1) is 15.3. The average molecular weight is 274 g/mol. The molecule has 19 heavy (non-hydrogen) atoms. The lowest BCUT2D eigenvalue weighted by atomic mass is 10.1. The van der Waals surface area contributed by atoms with Crippen LogP contribution in [0.2, 0.25) is 0 Å². The molecule has 0 spiro atoms. The molecule has 1 aromatic rings. The summed E-state index contributed by atoms with van der Waals surface area (Å²) in [6, 6.07) is 4.00. The highest BCUT2D eigenvalue weighted by Crippen LogP contribution is 2.21. The van der Waals surface area contributed by atoms with Gasteiger partial charge in [-0.3, -0.25) is 4.79 Å². The van der Waals surface area contributed by atoms with Crippen LogP contribution >= 0.6 is 0 Å². The Morgan fingerprint density at radius 2 is 1.95 bits per heavy atom. The first-order chi connectivity index (χ1) is 8.61. The van der Waals surface area contributed by atoms with Crippen LogP contribution in [0, 0.1) is 6.92 Å². The molecule has 0 saturated heterocycles. The Morgan fingerprint density at radius 1 is 1.37 bits per heavy atom. The van der Waals surface area contributed by atoms with Crippen molar-refractivity contribution < 1.29 is 18.0 Å². The minimum atomic E-state index is -4.42. The Morgan fingerprint density at radius 3 is 2.37 bits per heavy atom. The first-order valence-electron chi connectivity index (χ1n) is 5.85. The number of amides is 1. The molecule has 0 bridgehead atoms. The van der Waals surface area contributed by atoms with E-state index >= 15 is 0 Å². The number of carbonyl (C=O) groups is 1.